The molecule has 110 valence electrons. The van der Waals surface area contributed by atoms with Crippen LogP contribution in [0.5, 0.6) is 0 Å². The van der Waals surface area contributed by atoms with Crippen LogP contribution in [0.25, 0.3) is 11.0 Å². The molecule has 0 saturated carbocycles. The first kappa shape index (κ1) is 14.3. The van der Waals surface area contributed by atoms with Crippen LogP contribution in [0.4, 0.5) is 4.39 Å². The summed E-state index contributed by atoms with van der Waals surface area (Å²) in [7, 11) is 0. The Morgan fingerprint density at radius 2 is 2.14 bits per heavy atom. The van der Waals surface area contributed by atoms with Gasteiger partial charge in [0.1, 0.15) is 11.6 Å². The van der Waals surface area contributed by atoms with Crippen LogP contribution in [-0.4, -0.2) is 25.6 Å². The van der Waals surface area contributed by atoms with E-state index in [1.165, 1.54) is 18.5 Å². The molecule has 5 nitrogen and oxygen atoms in total. The van der Waals surface area contributed by atoms with Crippen molar-refractivity contribution in [2.24, 2.45) is 0 Å². The molecular formula is C13H11Cl2FN4O. The van der Waals surface area contributed by atoms with Crippen molar-refractivity contribution in [2.75, 3.05) is 5.88 Å². The lowest BCUT2D eigenvalue weighted by Crippen LogP contribution is -2.08. The third-order valence-corrected chi connectivity index (χ3v) is 3.63. The Bertz CT molecular complexity index is 757. The van der Waals surface area contributed by atoms with Crippen molar-refractivity contribution in [1.82, 2.24) is 19.7 Å². The van der Waals surface area contributed by atoms with Crippen molar-refractivity contribution in [3.63, 3.8) is 0 Å². The molecule has 0 aliphatic rings. The summed E-state index contributed by atoms with van der Waals surface area (Å²) in [6.45, 7) is 0.559. The van der Waals surface area contributed by atoms with Crippen molar-refractivity contribution in [1.29, 1.82) is 0 Å². The van der Waals surface area contributed by atoms with Crippen molar-refractivity contribution in [2.45, 2.75) is 19.4 Å². The Morgan fingerprint density at radius 3 is 2.86 bits per heavy atom. The van der Waals surface area contributed by atoms with Crippen molar-refractivity contribution < 1.29 is 8.91 Å². The molecule has 2 aromatic heterocycles. The normalized spacial score (nSPS) is 11.4. The second kappa shape index (κ2) is 5.99. The summed E-state index contributed by atoms with van der Waals surface area (Å²) in [5.74, 6) is 1.33. The molecule has 0 fully saturated rings. The molecule has 2 heterocycles. The van der Waals surface area contributed by atoms with Crippen LogP contribution in [-0.2, 0) is 19.4 Å². The average Bonchev–Trinajstić information content (AvgIpc) is 3.06. The van der Waals surface area contributed by atoms with Gasteiger partial charge in [-0.15, -0.1) is 11.6 Å². The zero-order valence-electron chi connectivity index (χ0n) is 10.9. The minimum absolute atomic E-state index is 0.0581. The average molecular weight is 329 g/mol. The maximum atomic E-state index is 13.7. The number of imidazole rings is 1. The van der Waals surface area contributed by atoms with Gasteiger partial charge in [0.05, 0.1) is 16.1 Å². The summed E-state index contributed by atoms with van der Waals surface area (Å²) < 4.78 is 20.3. The van der Waals surface area contributed by atoms with Gasteiger partial charge in [0.15, 0.2) is 5.82 Å². The van der Waals surface area contributed by atoms with E-state index >= 15 is 0 Å². The predicted octanol–water partition coefficient (Wildman–Crippen LogP) is 3.24. The number of benzene rings is 1. The molecule has 0 bridgehead atoms. The van der Waals surface area contributed by atoms with Gasteiger partial charge in [-0.1, -0.05) is 16.8 Å². The number of aryl methyl sites for hydroxylation is 3. The standard InChI is InChI=1S/C13H11Cl2FN4O/c14-3-1-13-18-10-5-8(15)9(16)6-11(10)20(13)4-2-12-17-7-21-19-12/h5-7H,1-4H2. The third kappa shape index (κ3) is 2.87. The Hall–Kier alpha value is -1.66. The summed E-state index contributed by atoms with van der Waals surface area (Å²) in [5.41, 5.74) is 1.33. The highest BCUT2D eigenvalue weighted by molar-refractivity contribution is 6.31. The zero-order valence-corrected chi connectivity index (χ0v) is 12.4. The number of halogens is 3. The quantitative estimate of drug-likeness (QED) is 0.675. The lowest BCUT2D eigenvalue weighted by atomic mass is 10.3. The first-order valence-corrected chi connectivity index (χ1v) is 7.25. The number of aromatic nitrogens is 4. The van der Waals surface area contributed by atoms with E-state index in [0.717, 1.165) is 5.82 Å². The number of alkyl halides is 1. The van der Waals surface area contributed by atoms with Gasteiger partial charge < -0.3 is 9.09 Å². The van der Waals surface area contributed by atoms with Gasteiger partial charge in [0, 0.05) is 31.3 Å². The largest absolute Gasteiger partial charge is 0.343 e. The summed E-state index contributed by atoms with van der Waals surface area (Å²) in [6.07, 6.45) is 2.42. The number of hydrogen-bond acceptors (Lipinski definition) is 4. The van der Waals surface area contributed by atoms with E-state index in [4.69, 9.17) is 27.7 Å². The molecule has 0 aliphatic heterocycles. The fourth-order valence-corrected chi connectivity index (χ4v) is 2.54. The second-order valence-corrected chi connectivity index (χ2v) is 5.26. The molecule has 0 atom stereocenters. The summed E-state index contributed by atoms with van der Waals surface area (Å²) in [4.78, 5) is 8.44. The van der Waals surface area contributed by atoms with Gasteiger partial charge in [0.2, 0.25) is 6.39 Å². The molecule has 3 aromatic rings. The van der Waals surface area contributed by atoms with Crippen LogP contribution < -0.4 is 0 Å². The van der Waals surface area contributed by atoms with Crippen LogP contribution in [0.1, 0.15) is 11.6 Å². The summed E-state index contributed by atoms with van der Waals surface area (Å²) in [5, 5.41) is 3.82. The summed E-state index contributed by atoms with van der Waals surface area (Å²) in [6, 6.07) is 2.91. The Kier molecular flexibility index (Phi) is 4.07. The molecule has 0 aliphatic carbocycles. The van der Waals surface area contributed by atoms with E-state index in [2.05, 4.69) is 15.1 Å². The van der Waals surface area contributed by atoms with E-state index in [9.17, 15) is 4.39 Å². The van der Waals surface area contributed by atoms with Gasteiger partial charge in [-0.3, -0.25) is 0 Å². The minimum atomic E-state index is -0.470. The van der Waals surface area contributed by atoms with Gasteiger partial charge in [-0.2, -0.15) is 4.98 Å². The van der Waals surface area contributed by atoms with E-state index in [1.807, 2.05) is 4.57 Å². The topological polar surface area (TPSA) is 56.7 Å². The molecule has 0 spiro atoms. The first-order valence-electron chi connectivity index (χ1n) is 6.34. The van der Waals surface area contributed by atoms with E-state index in [-0.39, 0.29) is 5.02 Å². The Morgan fingerprint density at radius 1 is 1.29 bits per heavy atom. The predicted molar refractivity (Wildman–Crippen MR) is 77.1 cm³/mol. The highest BCUT2D eigenvalue weighted by atomic mass is 35.5. The van der Waals surface area contributed by atoms with Crippen LogP contribution in [0.2, 0.25) is 5.02 Å². The lowest BCUT2D eigenvalue weighted by Gasteiger charge is -2.07. The van der Waals surface area contributed by atoms with E-state index < -0.39 is 5.82 Å². The molecule has 8 heteroatoms. The fourth-order valence-electron chi connectivity index (χ4n) is 2.21. The van der Waals surface area contributed by atoms with Gasteiger partial charge in [-0.05, 0) is 6.07 Å². The van der Waals surface area contributed by atoms with Crippen molar-refractivity contribution in [3.8, 4) is 0 Å². The number of rotatable bonds is 5. The van der Waals surface area contributed by atoms with Crippen LogP contribution >= 0.6 is 23.2 Å². The Labute approximate surface area is 129 Å². The molecule has 0 unspecified atom stereocenters. The molecule has 1 aromatic carbocycles. The second-order valence-electron chi connectivity index (χ2n) is 4.47. The monoisotopic (exact) mass is 328 g/mol. The Balaban J connectivity index is 2.00. The molecule has 0 radical (unpaired) electrons. The number of nitrogens with zero attached hydrogens (tertiary/aromatic N) is 4. The van der Waals surface area contributed by atoms with Gasteiger partial charge in [-0.25, -0.2) is 9.37 Å². The molecule has 0 saturated heterocycles. The van der Waals surface area contributed by atoms with Gasteiger partial charge in [0.25, 0.3) is 0 Å². The lowest BCUT2D eigenvalue weighted by molar-refractivity contribution is 0.408. The highest BCUT2D eigenvalue weighted by Gasteiger charge is 2.14. The van der Waals surface area contributed by atoms with Crippen LogP contribution in [0.3, 0.4) is 0 Å². The first-order chi connectivity index (χ1) is 10.2. The SMILES string of the molecule is Fc1cc2c(cc1Cl)nc(CCCl)n2CCc1ncon1. The highest BCUT2D eigenvalue weighted by Crippen LogP contribution is 2.24. The maximum Gasteiger partial charge on any atom is 0.213 e. The van der Waals surface area contributed by atoms with Crippen molar-refractivity contribution in [3.05, 3.63) is 41.0 Å². The number of fused-ring (bicyclic) bond motifs is 1. The van der Waals surface area contributed by atoms with Crippen molar-refractivity contribution >= 4 is 34.2 Å². The maximum absolute atomic E-state index is 13.7. The third-order valence-electron chi connectivity index (χ3n) is 3.15. The molecule has 0 N–H and O–H groups in total. The molecule has 0 amide bonds. The zero-order chi connectivity index (χ0) is 14.8. The van der Waals surface area contributed by atoms with Crippen LogP contribution in [0, 0.1) is 5.82 Å². The molecule has 21 heavy (non-hydrogen) atoms. The number of hydrogen-bond donors (Lipinski definition) is 0. The molecular weight excluding hydrogens is 318 g/mol. The fraction of sp³-hybridized carbons (Fsp3) is 0.308. The van der Waals surface area contributed by atoms with E-state index in [1.54, 1.807) is 0 Å². The smallest absolute Gasteiger partial charge is 0.213 e. The molecule has 3 rings (SSSR count). The van der Waals surface area contributed by atoms with Crippen LogP contribution in [0.15, 0.2) is 23.0 Å². The van der Waals surface area contributed by atoms with Gasteiger partial charge >= 0.3 is 0 Å². The van der Waals surface area contributed by atoms with E-state index in [0.29, 0.717) is 42.1 Å². The minimum Gasteiger partial charge on any atom is -0.343 e. The summed E-state index contributed by atoms with van der Waals surface area (Å²) >= 11 is 11.6.